The highest BCUT2D eigenvalue weighted by molar-refractivity contribution is 7.90. The zero-order chi connectivity index (χ0) is 18.9. The van der Waals surface area contributed by atoms with Crippen LogP contribution in [-0.2, 0) is 16.6 Å². The van der Waals surface area contributed by atoms with Gasteiger partial charge in [0.15, 0.2) is 0 Å². The van der Waals surface area contributed by atoms with Crippen LogP contribution in [0.1, 0.15) is 16.7 Å². The van der Waals surface area contributed by atoms with Gasteiger partial charge in [0.05, 0.1) is 5.69 Å². The summed E-state index contributed by atoms with van der Waals surface area (Å²) in [6.07, 6.45) is 0.311. The summed E-state index contributed by atoms with van der Waals surface area (Å²) in [5, 5.41) is 1.34. The summed E-state index contributed by atoms with van der Waals surface area (Å²) < 4.78 is 33.2. The van der Waals surface area contributed by atoms with Crippen LogP contribution >= 0.6 is 11.6 Å². The van der Waals surface area contributed by atoms with Gasteiger partial charge in [-0.15, -0.1) is 0 Å². The van der Waals surface area contributed by atoms with Crippen LogP contribution in [0.15, 0.2) is 51.7 Å². The predicted octanol–water partition coefficient (Wildman–Crippen LogP) is 3.22. The fourth-order valence-electron chi connectivity index (χ4n) is 2.72. The molecule has 3 rings (SSSR count). The number of halogens is 1. The average Bonchev–Trinajstić information content (AvgIpc) is 2.59. The third-order valence-electron chi connectivity index (χ3n) is 4.08. The number of nitrogens with one attached hydrogen (secondary N) is 2. The van der Waals surface area contributed by atoms with Crippen LogP contribution in [-0.4, -0.2) is 15.5 Å². The molecular weight excluding hydrogens is 376 g/mol. The van der Waals surface area contributed by atoms with E-state index in [9.17, 15) is 13.2 Å². The minimum absolute atomic E-state index is 0.311. The molecule has 0 radical (unpaired) electrons. The number of benzene rings is 2. The monoisotopic (exact) mass is 392 g/mol. The Balaban J connectivity index is 2.00. The molecule has 0 aliphatic rings. The fourth-order valence-corrected chi connectivity index (χ4v) is 3.43. The Hall–Kier alpha value is -2.35. The van der Waals surface area contributed by atoms with Crippen molar-refractivity contribution in [2.75, 3.05) is 11.8 Å². The second kappa shape index (κ2) is 7.11. The minimum Gasteiger partial charge on any atom is -0.423 e. The van der Waals surface area contributed by atoms with Crippen molar-refractivity contribution in [1.82, 2.24) is 4.72 Å². The summed E-state index contributed by atoms with van der Waals surface area (Å²) in [6, 6.07) is 11.9. The predicted molar refractivity (Wildman–Crippen MR) is 103 cm³/mol. The van der Waals surface area contributed by atoms with Crippen molar-refractivity contribution in [2.45, 2.75) is 13.3 Å². The van der Waals surface area contributed by atoms with Gasteiger partial charge >= 0.3 is 5.63 Å². The van der Waals surface area contributed by atoms with E-state index in [1.165, 1.54) is 7.05 Å². The molecule has 0 saturated heterocycles. The third kappa shape index (κ3) is 3.90. The van der Waals surface area contributed by atoms with Crippen molar-refractivity contribution in [2.24, 2.45) is 0 Å². The van der Waals surface area contributed by atoms with Crippen LogP contribution in [0, 0.1) is 6.92 Å². The van der Waals surface area contributed by atoms with E-state index in [0.29, 0.717) is 28.3 Å². The zero-order valence-electron chi connectivity index (χ0n) is 14.2. The zero-order valence-corrected chi connectivity index (χ0v) is 15.7. The smallest absolute Gasteiger partial charge is 0.340 e. The summed E-state index contributed by atoms with van der Waals surface area (Å²) >= 11 is 6.05. The molecule has 2 N–H and O–H groups in total. The largest absolute Gasteiger partial charge is 0.423 e. The third-order valence-corrected chi connectivity index (χ3v) is 5.35. The first-order chi connectivity index (χ1) is 12.3. The quantitative estimate of drug-likeness (QED) is 0.652. The molecule has 0 saturated carbocycles. The lowest BCUT2D eigenvalue weighted by Gasteiger charge is -2.10. The van der Waals surface area contributed by atoms with Gasteiger partial charge in [-0.05, 0) is 48.4 Å². The van der Waals surface area contributed by atoms with Crippen LogP contribution in [0.4, 0.5) is 5.69 Å². The Morgan fingerprint density at radius 3 is 2.65 bits per heavy atom. The molecule has 1 aromatic heterocycles. The lowest BCUT2D eigenvalue weighted by Crippen LogP contribution is -2.26. The lowest BCUT2D eigenvalue weighted by molar-refractivity contribution is 0.551. The standard InChI is InChI=1S/C18H17ClN2O4S/c1-11-15-10-13(19)6-7-17(15)25-18(22)16(11)9-12-4-3-5-14(8-12)21-26(23,24)20-2/h3-8,10,20-21H,9H2,1-2H3. The normalized spacial score (nSPS) is 11.7. The molecule has 0 aliphatic carbocycles. The van der Waals surface area contributed by atoms with Crippen molar-refractivity contribution >= 4 is 38.5 Å². The molecule has 0 unspecified atom stereocenters. The molecular formula is C18H17ClN2O4S. The number of hydrogen-bond donors (Lipinski definition) is 2. The van der Waals surface area contributed by atoms with Gasteiger partial charge in [-0.2, -0.15) is 8.42 Å². The van der Waals surface area contributed by atoms with Gasteiger partial charge in [0.2, 0.25) is 0 Å². The highest BCUT2D eigenvalue weighted by Crippen LogP contribution is 2.25. The van der Waals surface area contributed by atoms with Crippen molar-refractivity contribution in [3.8, 4) is 0 Å². The van der Waals surface area contributed by atoms with Gasteiger partial charge in [0.25, 0.3) is 10.2 Å². The molecule has 0 amide bonds. The topological polar surface area (TPSA) is 88.4 Å². The van der Waals surface area contributed by atoms with Gasteiger partial charge in [0, 0.05) is 29.4 Å². The number of anilines is 1. The van der Waals surface area contributed by atoms with Gasteiger partial charge in [0.1, 0.15) is 5.58 Å². The van der Waals surface area contributed by atoms with Crippen molar-refractivity contribution in [3.63, 3.8) is 0 Å². The molecule has 0 atom stereocenters. The molecule has 0 spiro atoms. The Morgan fingerprint density at radius 2 is 1.92 bits per heavy atom. The van der Waals surface area contributed by atoms with Crippen LogP contribution in [0.3, 0.4) is 0 Å². The summed E-state index contributed by atoms with van der Waals surface area (Å²) in [7, 11) is -2.29. The van der Waals surface area contributed by atoms with Crippen molar-refractivity contribution < 1.29 is 12.8 Å². The first-order valence-corrected chi connectivity index (χ1v) is 9.67. The number of fused-ring (bicyclic) bond motifs is 1. The highest BCUT2D eigenvalue weighted by atomic mass is 35.5. The molecule has 3 aromatic rings. The van der Waals surface area contributed by atoms with Crippen LogP contribution in [0.2, 0.25) is 5.02 Å². The summed E-state index contributed by atoms with van der Waals surface area (Å²) in [5.74, 6) is 0. The Kier molecular flexibility index (Phi) is 5.04. The number of hydrogen-bond acceptors (Lipinski definition) is 4. The summed E-state index contributed by atoms with van der Waals surface area (Å²) in [4.78, 5) is 12.4. The number of rotatable bonds is 5. The van der Waals surface area contributed by atoms with Crippen LogP contribution in [0.25, 0.3) is 11.0 Å². The summed E-state index contributed by atoms with van der Waals surface area (Å²) in [6.45, 7) is 1.85. The van der Waals surface area contributed by atoms with Gasteiger partial charge < -0.3 is 4.42 Å². The second-order valence-corrected chi connectivity index (χ2v) is 7.88. The Labute approximate surface area is 156 Å². The second-order valence-electron chi connectivity index (χ2n) is 5.82. The maximum absolute atomic E-state index is 12.4. The van der Waals surface area contributed by atoms with E-state index in [1.807, 2.05) is 13.0 Å². The number of aryl methyl sites for hydroxylation is 1. The van der Waals surface area contributed by atoms with E-state index in [-0.39, 0.29) is 0 Å². The average molecular weight is 393 g/mol. The van der Waals surface area contributed by atoms with E-state index < -0.39 is 15.8 Å². The van der Waals surface area contributed by atoms with E-state index in [1.54, 1.807) is 36.4 Å². The maximum atomic E-state index is 12.4. The SMILES string of the molecule is CNS(=O)(=O)Nc1cccc(Cc2c(C)c3cc(Cl)ccc3oc2=O)c1. The molecule has 2 aromatic carbocycles. The van der Waals surface area contributed by atoms with E-state index >= 15 is 0 Å². The molecule has 0 bridgehead atoms. The minimum atomic E-state index is -3.61. The molecule has 0 fully saturated rings. The maximum Gasteiger partial charge on any atom is 0.340 e. The van der Waals surface area contributed by atoms with Crippen LogP contribution in [0.5, 0.6) is 0 Å². The molecule has 0 aliphatic heterocycles. The summed E-state index contributed by atoms with van der Waals surface area (Å²) in [5.41, 5.74) is 2.55. The van der Waals surface area contributed by atoms with Crippen molar-refractivity contribution in [1.29, 1.82) is 0 Å². The molecule has 8 heteroatoms. The molecule has 26 heavy (non-hydrogen) atoms. The highest BCUT2D eigenvalue weighted by Gasteiger charge is 2.13. The Bertz CT molecular complexity index is 1140. The van der Waals surface area contributed by atoms with Gasteiger partial charge in [-0.25, -0.2) is 9.52 Å². The van der Waals surface area contributed by atoms with E-state index in [4.69, 9.17) is 16.0 Å². The molecule has 136 valence electrons. The van der Waals surface area contributed by atoms with Crippen molar-refractivity contribution in [3.05, 3.63) is 74.6 Å². The molecule has 6 nitrogen and oxygen atoms in total. The van der Waals surface area contributed by atoms with E-state index in [0.717, 1.165) is 16.5 Å². The van der Waals surface area contributed by atoms with Gasteiger partial charge in [-0.3, -0.25) is 4.72 Å². The molecule has 1 heterocycles. The van der Waals surface area contributed by atoms with Gasteiger partial charge in [-0.1, -0.05) is 23.7 Å². The first-order valence-electron chi connectivity index (χ1n) is 7.81. The first kappa shape index (κ1) is 18.4. The lowest BCUT2D eigenvalue weighted by atomic mass is 9.99. The van der Waals surface area contributed by atoms with E-state index in [2.05, 4.69) is 9.44 Å². The Morgan fingerprint density at radius 1 is 1.15 bits per heavy atom. The van der Waals surface area contributed by atoms with Crippen LogP contribution < -0.4 is 15.1 Å². The fraction of sp³-hybridized carbons (Fsp3) is 0.167.